The number of thioether (sulfide) groups is 1. The topological polar surface area (TPSA) is 58.7 Å². The van der Waals surface area contributed by atoms with Crippen molar-refractivity contribution in [1.29, 1.82) is 0 Å². The third-order valence-electron chi connectivity index (χ3n) is 3.98. The number of benzene rings is 1. The summed E-state index contributed by atoms with van der Waals surface area (Å²) in [5.74, 6) is 1.09. The summed E-state index contributed by atoms with van der Waals surface area (Å²) in [6.45, 7) is 0. The van der Waals surface area contributed by atoms with E-state index < -0.39 is 0 Å². The number of likely N-dealkylation sites (N-methyl/N-ethyl adjacent to an activating group) is 1. The number of halogens is 2. The number of aromatic nitrogens is 1. The number of aliphatic imine (C=N–C) groups is 1. The Bertz CT molecular complexity index is 1120. The Hall–Kier alpha value is -2.54. The first-order valence-electron chi connectivity index (χ1n) is 8.23. The Morgan fingerprint density at radius 3 is 2.86 bits per heavy atom. The van der Waals surface area contributed by atoms with Crippen LogP contribution >= 0.6 is 35.0 Å². The number of nitrogens with zero attached hydrogens (tertiary/aromatic N) is 3. The molecule has 0 unspecified atom stereocenters. The van der Waals surface area contributed by atoms with Gasteiger partial charge >= 0.3 is 0 Å². The number of pyridine rings is 1. The predicted molar refractivity (Wildman–Crippen MR) is 114 cm³/mol. The molecule has 140 valence electrons. The van der Waals surface area contributed by atoms with E-state index in [0.29, 0.717) is 37.3 Å². The summed E-state index contributed by atoms with van der Waals surface area (Å²) < 4.78 is 5.85. The molecule has 0 radical (unpaired) electrons. The molecule has 5 nitrogen and oxygen atoms in total. The van der Waals surface area contributed by atoms with Crippen molar-refractivity contribution in [2.24, 2.45) is 4.99 Å². The largest absolute Gasteiger partial charge is 0.457 e. The van der Waals surface area contributed by atoms with Gasteiger partial charge in [0.05, 0.1) is 15.6 Å². The van der Waals surface area contributed by atoms with Gasteiger partial charge in [-0.2, -0.15) is 0 Å². The SMILES string of the molecule is CN1C(=O)/C(=C\c2ccc(-c3cccc(Cl)c3)o2)SC1=Nc1ccncc1Cl. The van der Waals surface area contributed by atoms with Gasteiger partial charge in [-0.3, -0.25) is 14.7 Å². The molecule has 0 atom stereocenters. The standard InChI is InChI=1S/C20H13Cl2N3O2S/c1-25-19(26)18(28-20(25)24-16-7-8-23-11-15(16)22)10-14-5-6-17(27-14)12-3-2-4-13(21)9-12/h2-11H,1H3/b18-10+,24-20?. The maximum atomic E-state index is 12.6. The first-order chi connectivity index (χ1) is 13.5. The predicted octanol–water partition coefficient (Wildman–Crippen LogP) is 5.88. The van der Waals surface area contributed by atoms with Crippen LogP contribution in [0.2, 0.25) is 10.0 Å². The van der Waals surface area contributed by atoms with Crippen LogP contribution in [0.4, 0.5) is 5.69 Å². The van der Waals surface area contributed by atoms with Crippen LogP contribution in [0.15, 0.2) is 69.2 Å². The smallest absolute Gasteiger partial charge is 0.266 e. The average Bonchev–Trinajstić information content (AvgIpc) is 3.25. The van der Waals surface area contributed by atoms with Crippen molar-refractivity contribution in [3.05, 3.63) is 75.6 Å². The van der Waals surface area contributed by atoms with E-state index in [1.807, 2.05) is 30.3 Å². The fourth-order valence-corrected chi connectivity index (χ4v) is 3.88. The van der Waals surface area contributed by atoms with E-state index in [1.54, 1.807) is 31.5 Å². The fraction of sp³-hybridized carbons (Fsp3) is 0.0500. The van der Waals surface area contributed by atoms with Crippen molar-refractivity contribution in [3.8, 4) is 11.3 Å². The normalized spacial score (nSPS) is 17.1. The molecule has 0 aliphatic carbocycles. The molecule has 1 amide bonds. The molecule has 0 saturated carbocycles. The minimum atomic E-state index is -0.158. The van der Waals surface area contributed by atoms with E-state index in [0.717, 1.165) is 5.56 Å². The highest BCUT2D eigenvalue weighted by Crippen LogP contribution is 2.35. The zero-order chi connectivity index (χ0) is 19.7. The van der Waals surface area contributed by atoms with Gasteiger partial charge in [-0.1, -0.05) is 35.3 Å². The minimum Gasteiger partial charge on any atom is -0.457 e. The molecule has 1 fully saturated rings. The molecule has 1 saturated heterocycles. The first kappa shape index (κ1) is 18.8. The van der Waals surface area contributed by atoms with Gasteiger partial charge in [-0.05, 0) is 42.1 Å². The van der Waals surface area contributed by atoms with Gasteiger partial charge in [0.15, 0.2) is 5.17 Å². The number of carbonyl (C=O) groups is 1. The summed E-state index contributed by atoms with van der Waals surface area (Å²) in [5, 5.41) is 1.59. The third-order valence-corrected chi connectivity index (χ3v) is 5.57. The molecule has 0 N–H and O–H groups in total. The molecule has 8 heteroatoms. The molecule has 1 aliphatic heterocycles. The van der Waals surface area contributed by atoms with E-state index in [9.17, 15) is 4.79 Å². The van der Waals surface area contributed by atoms with Crippen molar-refractivity contribution >= 4 is 57.8 Å². The lowest BCUT2D eigenvalue weighted by Crippen LogP contribution is -2.23. The van der Waals surface area contributed by atoms with Crippen LogP contribution in [0.25, 0.3) is 17.4 Å². The summed E-state index contributed by atoms with van der Waals surface area (Å²) in [6.07, 6.45) is 4.82. The quantitative estimate of drug-likeness (QED) is 0.487. The van der Waals surface area contributed by atoms with Gasteiger partial charge in [0, 0.05) is 36.1 Å². The molecular weight excluding hydrogens is 417 g/mol. The summed E-state index contributed by atoms with van der Waals surface area (Å²) >= 11 is 13.4. The van der Waals surface area contributed by atoms with Gasteiger partial charge in [0.1, 0.15) is 11.5 Å². The lowest BCUT2D eigenvalue weighted by Gasteiger charge is -2.07. The average molecular weight is 430 g/mol. The Morgan fingerprint density at radius 2 is 2.07 bits per heavy atom. The van der Waals surface area contributed by atoms with Crippen LogP contribution in [-0.2, 0) is 4.79 Å². The number of amides is 1. The zero-order valence-corrected chi connectivity index (χ0v) is 16.9. The minimum absolute atomic E-state index is 0.158. The van der Waals surface area contributed by atoms with Crippen LogP contribution in [0, 0.1) is 0 Å². The van der Waals surface area contributed by atoms with Gasteiger partial charge in [0.25, 0.3) is 5.91 Å². The van der Waals surface area contributed by atoms with E-state index in [1.165, 1.54) is 22.9 Å². The van der Waals surface area contributed by atoms with Gasteiger partial charge in [0.2, 0.25) is 0 Å². The maximum Gasteiger partial charge on any atom is 0.266 e. The van der Waals surface area contributed by atoms with E-state index in [4.69, 9.17) is 27.6 Å². The Kier molecular flexibility index (Phi) is 5.26. The van der Waals surface area contributed by atoms with Gasteiger partial charge in [-0.15, -0.1) is 0 Å². The van der Waals surface area contributed by atoms with Crippen molar-refractivity contribution in [2.75, 3.05) is 7.05 Å². The van der Waals surface area contributed by atoms with E-state index >= 15 is 0 Å². The van der Waals surface area contributed by atoms with Crippen molar-refractivity contribution in [1.82, 2.24) is 9.88 Å². The zero-order valence-electron chi connectivity index (χ0n) is 14.6. The Balaban J connectivity index is 1.61. The molecule has 2 aromatic heterocycles. The van der Waals surface area contributed by atoms with E-state index in [-0.39, 0.29) is 5.91 Å². The molecule has 3 aromatic rings. The molecule has 28 heavy (non-hydrogen) atoms. The number of furan rings is 1. The number of amidine groups is 1. The van der Waals surface area contributed by atoms with Crippen LogP contribution < -0.4 is 0 Å². The third kappa shape index (κ3) is 3.85. The number of rotatable bonds is 3. The second-order valence-corrected chi connectivity index (χ2v) is 7.76. The highest BCUT2D eigenvalue weighted by atomic mass is 35.5. The van der Waals surface area contributed by atoms with Gasteiger partial charge < -0.3 is 4.42 Å². The van der Waals surface area contributed by atoms with Crippen molar-refractivity contribution < 1.29 is 9.21 Å². The molecule has 1 aromatic carbocycles. The lowest BCUT2D eigenvalue weighted by molar-refractivity contribution is -0.121. The van der Waals surface area contributed by atoms with E-state index in [2.05, 4.69) is 9.98 Å². The summed E-state index contributed by atoms with van der Waals surface area (Å²) in [4.78, 5) is 23.0. The Labute approximate surface area is 175 Å². The van der Waals surface area contributed by atoms with Crippen molar-refractivity contribution in [2.45, 2.75) is 0 Å². The van der Waals surface area contributed by atoms with Crippen LogP contribution in [0.3, 0.4) is 0 Å². The van der Waals surface area contributed by atoms with Crippen LogP contribution in [-0.4, -0.2) is 28.0 Å². The number of hydrogen-bond donors (Lipinski definition) is 0. The molecule has 0 bridgehead atoms. The molecule has 4 rings (SSSR count). The second kappa shape index (κ2) is 7.83. The number of hydrogen-bond acceptors (Lipinski definition) is 5. The van der Waals surface area contributed by atoms with Crippen LogP contribution in [0.5, 0.6) is 0 Å². The highest BCUT2D eigenvalue weighted by Gasteiger charge is 2.30. The lowest BCUT2D eigenvalue weighted by atomic mass is 10.2. The molecule has 0 spiro atoms. The second-order valence-electron chi connectivity index (χ2n) is 5.91. The maximum absolute atomic E-state index is 12.6. The summed E-state index contributed by atoms with van der Waals surface area (Å²) in [5.41, 5.74) is 1.43. The van der Waals surface area contributed by atoms with Crippen LogP contribution in [0.1, 0.15) is 5.76 Å². The summed E-state index contributed by atoms with van der Waals surface area (Å²) in [7, 11) is 1.67. The molecule has 3 heterocycles. The van der Waals surface area contributed by atoms with Crippen molar-refractivity contribution in [3.63, 3.8) is 0 Å². The summed E-state index contributed by atoms with van der Waals surface area (Å²) in [6, 6.07) is 12.7. The fourth-order valence-electron chi connectivity index (χ4n) is 2.57. The monoisotopic (exact) mass is 429 g/mol. The number of carbonyl (C=O) groups excluding carboxylic acids is 1. The first-order valence-corrected chi connectivity index (χ1v) is 9.80. The molecular formula is C20H13Cl2N3O2S. The highest BCUT2D eigenvalue weighted by molar-refractivity contribution is 8.18. The molecule has 1 aliphatic rings. The Morgan fingerprint density at radius 1 is 1.21 bits per heavy atom. The van der Waals surface area contributed by atoms with Gasteiger partial charge in [-0.25, -0.2) is 4.99 Å².